The van der Waals surface area contributed by atoms with E-state index in [9.17, 15) is 4.79 Å². The van der Waals surface area contributed by atoms with Crippen molar-refractivity contribution < 1.29 is 14.3 Å². The highest BCUT2D eigenvalue weighted by atomic mass is 16.5. The van der Waals surface area contributed by atoms with E-state index in [1.165, 1.54) is 12.8 Å². The molecule has 30 heavy (non-hydrogen) atoms. The van der Waals surface area contributed by atoms with Crippen LogP contribution in [-0.2, 0) is 9.53 Å². The van der Waals surface area contributed by atoms with Gasteiger partial charge < -0.3 is 20.1 Å². The molecule has 1 heterocycles. The summed E-state index contributed by atoms with van der Waals surface area (Å²) in [4.78, 5) is 12.3. The zero-order valence-corrected chi connectivity index (χ0v) is 17.3. The van der Waals surface area contributed by atoms with E-state index < -0.39 is 0 Å². The highest BCUT2D eigenvalue weighted by molar-refractivity contribution is 6.02. The van der Waals surface area contributed by atoms with Crippen molar-refractivity contribution in [2.45, 2.75) is 50.7 Å². The lowest BCUT2D eigenvalue weighted by Gasteiger charge is -2.24. The molecule has 4 rings (SSSR count). The van der Waals surface area contributed by atoms with Gasteiger partial charge >= 0.3 is 0 Å². The van der Waals surface area contributed by atoms with Crippen LogP contribution >= 0.6 is 0 Å². The highest BCUT2D eigenvalue weighted by Crippen LogP contribution is 2.25. The van der Waals surface area contributed by atoms with Gasteiger partial charge in [-0.2, -0.15) is 0 Å². The third-order valence-electron chi connectivity index (χ3n) is 5.63. The second kappa shape index (κ2) is 10.3. The lowest BCUT2D eigenvalue weighted by Crippen LogP contribution is -2.27. The zero-order valence-electron chi connectivity index (χ0n) is 17.3. The number of hydrogen-bond donors (Lipinski definition) is 2. The van der Waals surface area contributed by atoms with Crippen molar-refractivity contribution in [2.75, 3.05) is 23.8 Å². The molecule has 2 fully saturated rings. The normalized spacial score (nSPS) is 17.9. The van der Waals surface area contributed by atoms with Crippen LogP contribution in [-0.4, -0.2) is 31.3 Å². The van der Waals surface area contributed by atoms with E-state index in [1.54, 1.807) is 6.08 Å². The molecule has 0 radical (unpaired) electrons. The Balaban J connectivity index is 1.28. The fourth-order valence-corrected chi connectivity index (χ4v) is 3.97. The molecule has 2 aliphatic rings. The number of hydrogen-bond acceptors (Lipinski definition) is 4. The van der Waals surface area contributed by atoms with Gasteiger partial charge in [-0.25, -0.2) is 0 Å². The van der Waals surface area contributed by atoms with Gasteiger partial charge in [0.15, 0.2) is 0 Å². The molecule has 2 N–H and O–H groups in total. The van der Waals surface area contributed by atoms with Crippen molar-refractivity contribution >= 4 is 23.4 Å². The van der Waals surface area contributed by atoms with Gasteiger partial charge in [-0.15, -0.1) is 0 Å². The molecular weight excluding hydrogens is 376 g/mol. The molecule has 0 unspecified atom stereocenters. The Morgan fingerprint density at radius 3 is 2.47 bits per heavy atom. The molecule has 1 amide bonds. The molecule has 5 heteroatoms. The predicted octanol–water partition coefficient (Wildman–Crippen LogP) is 5.25. The Hall–Kier alpha value is -2.79. The molecular formula is C25H30N2O3. The van der Waals surface area contributed by atoms with E-state index in [-0.39, 0.29) is 5.91 Å². The van der Waals surface area contributed by atoms with Crippen LogP contribution < -0.4 is 15.4 Å². The van der Waals surface area contributed by atoms with E-state index in [4.69, 9.17) is 9.47 Å². The van der Waals surface area contributed by atoms with Gasteiger partial charge in [0, 0.05) is 36.7 Å². The molecule has 1 aliphatic heterocycles. The van der Waals surface area contributed by atoms with E-state index >= 15 is 0 Å². The Morgan fingerprint density at radius 2 is 1.70 bits per heavy atom. The molecule has 0 bridgehead atoms. The smallest absolute Gasteiger partial charge is 0.248 e. The molecule has 0 aromatic heterocycles. The number of rotatable bonds is 7. The van der Waals surface area contributed by atoms with Crippen LogP contribution in [0.3, 0.4) is 0 Å². The van der Waals surface area contributed by atoms with Crippen molar-refractivity contribution in [3.63, 3.8) is 0 Å². The van der Waals surface area contributed by atoms with Crippen molar-refractivity contribution in [1.82, 2.24) is 0 Å². The molecule has 1 aliphatic carbocycles. The molecule has 158 valence electrons. The zero-order chi connectivity index (χ0) is 20.6. The summed E-state index contributed by atoms with van der Waals surface area (Å²) in [5, 5.41) is 6.43. The minimum Gasteiger partial charge on any atom is -0.490 e. The van der Waals surface area contributed by atoms with Crippen molar-refractivity contribution in [3.05, 3.63) is 60.2 Å². The summed E-state index contributed by atoms with van der Waals surface area (Å²) in [6.45, 7) is 1.63. The standard InChI is InChI=1S/C25H30N2O3/c28-25(13-8-19-4-3-7-24(18-19)30-23-5-1-2-6-23)27-21-11-9-20(10-12-21)26-22-14-16-29-17-15-22/h3-4,7-13,18,22-23,26H,1-2,5-6,14-17H2,(H,27,28). The lowest BCUT2D eigenvalue weighted by molar-refractivity contribution is -0.111. The van der Waals surface area contributed by atoms with E-state index in [0.29, 0.717) is 12.1 Å². The Morgan fingerprint density at radius 1 is 0.967 bits per heavy atom. The van der Waals surface area contributed by atoms with Gasteiger partial charge in [0.1, 0.15) is 5.75 Å². The second-order valence-corrected chi connectivity index (χ2v) is 8.03. The monoisotopic (exact) mass is 406 g/mol. The van der Waals surface area contributed by atoms with Crippen molar-refractivity contribution in [3.8, 4) is 5.75 Å². The van der Waals surface area contributed by atoms with Crippen LogP contribution in [0.2, 0.25) is 0 Å². The SMILES string of the molecule is O=C(C=Cc1cccc(OC2CCCC2)c1)Nc1ccc(NC2CCOCC2)cc1. The molecule has 1 saturated heterocycles. The number of carbonyl (C=O) groups is 1. The number of amides is 1. The number of ether oxygens (including phenoxy) is 2. The topological polar surface area (TPSA) is 59.6 Å². The van der Waals surface area contributed by atoms with Gasteiger partial charge in [-0.1, -0.05) is 12.1 Å². The minimum absolute atomic E-state index is 0.151. The minimum atomic E-state index is -0.151. The first kappa shape index (κ1) is 20.5. The molecule has 2 aromatic carbocycles. The van der Waals surface area contributed by atoms with Gasteiger partial charge in [-0.3, -0.25) is 4.79 Å². The molecule has 1 saturated carbocycles. The number of nitrogens with one attached hydrogen (secondary N) is 2. The number of carbonyl (C=O) groups excluding carboxylic acids is 1. The average molecular weight is 407 g/mol. The van der Waals surface area contributed by atoms with Gasteiger partial charge in [0.05, 0.1) is 6.10 Å². The van der Waals surface area contributed by atoms with E-state index in [1.807, 2.05) is 54.6 Å². The average Bonchev–Trinajstić information content (AvgIpc) is 3.28. The third kappa shape index (κ3) is 6.10. The first-order valence-corrected chi connectivity index (χ1v) is 10.9. The first-order chi connectivity index (χ1) is 14.7. The molecule has 5 nitrogen and oxygen atoms in total. The third-order valence-corrected chi connectivity index (χ3v) is 5.63. The summed E-state index contributed by atoms with van der Waals surface area (Å²) in [6.07, 6.45) is 10.5. The van der Waals surface area contributed by atoms with E-state index in [0.717, 1.165) is 61.6 Å². The summed E-state index contributed by atoms with van der Waals surface area (Å²) >= 11 is 0. The molecule has 2 aromatic rings. The summed E-state index contributed by atoms with van der Waals surface area (Å²) < 4.78 is 11.4. The number of benzene rings is 2. The maximum absolute atomic E-state index is 12.3. The maximum Gasteiger partial charge on any atom is 0.248 e. The number of anilines is 2. The van der Waals surface area contributed by atoms with Crippen LogP contribution in [0.4, 0.5) is 11.4 Å². The van der Waals surface area contributed by atoms with Crippen LogP contribution in [0.5, 0.6) is 5.75 Å². The van der Waals surface area contributed by atoms with Crippen LogP contribution in [0, 0.1) is 0 Å². The van der Waals surface area contributed by atoms with Crippen LogP contribution in [0.25, 0.3) is 6.08 Å². The fraction of sp³-hybridized carbons (Fsp3) is 0.400. The Bertz CT molecular complexity index is 851. The lowest BCUT2D eigenvalue weighted by atomic mass is 10.1. The largest absolute Gasteiger partial charge is 0.490 e. The Kier molecular flexibility index (Phi) is 7.03. The molecule has 0 spiro atoms. The van der Waals surface area contributed by atoms with Crippen molar-refractivity contribution in [2.24, 2.45) is 0 Å². The Labute approximate surface area is 178 Å². The fourth-order valence-electron chi connectivity index (χ4n) is 3.97. The van der Waals surface area contributed by atoms with Crippen LogP contribution in [0.15, 0.2) is 54.6 Å². The van der Waals surface area contributed by atoms with Gasteiger partial charge in [0.2, 0.25) is 5.91 Å². The quantitative estimate of drug-likeness (QED) is 0.617. The van der Waals surface area contributed by atoms with Gasteiger partial charge in [-0.05, 0) is 86.6 Å². The molecule has 0 atom stereocenters. The predicted molar refractivity (Wildman–Crippen MR) is 121 cm³/mol. The summed E-state index contributed by atoms with van der Waals surface area (Å²) in [7, 11) is 0. The van der Waals surface area contributed by atoms with Gasteiger partial charge in [0.25, 0.3) is 0 Å². The second-order valence-electron chi connectivity index (χ2n) is 8.03. The summed E-state index contributed by atoms with van der Waals surface area (Å²) in [5.74, 6) is 0.722. The maximum atomic E-state index is 12.3. The highest BCUT2D eigenvalue weighted by Gasteiger charge is 2.16. The van der Waals surface area contributed by atoms with Crippen LogP contribution in [0.1, 0.15) is 44.1 Å². The van der Waals surface area contributed by atoms with Crippen molar-refractivity contribution in [1.29, 1.82) is 0 Å². The first-order valence-electron chi connectivity index (χ1n) is 10.9. The van der Waals surface area contributed by atoms with E-state index in [2.05, 4.69) is 10.6 Å². The summed E-state index contributed by atoms with van der Waals surface area (Å²) in [6, 6.07) is 16.2. The summed E-state index contributed by atoms with van der Waals surface area (Å²) in [5.41, 5.74) is 2.80.